The van der Waals surface area contributed by atoms with Crippen molar-refractivity contribution in [3.05, 3.63) is 42.1 Å². The molecular formula is C17H16N2O3S. The first-order valence-electron chi connectivity index (χ1n) is 7.63. The number of rotatable bonds is 4. The number of nitrogens with one attached hydrogen (secondary N) is 1. The van der Waals surface area contributed by atoms with Gasteiger partial charge in [-0.2, -0.15) is 0 Å². The maximum Gasteiger partial charge on any atom is 0.254 e. The van der Waals surface area contributed by atoms with Gasteiger partial charge in [-0.05, 0) is 43.2 Å². The van der Waals surface area contributed by atoms with Gasteiger partial charge in [-0.25, -0.2) is 4.98 Å². The van der Waals surface area contributed by atoms with E-state index in [0.717, 1.165) is 29.2 Å². The fourth-order valence-electron chi connectivity index (χ4n) is 2.33. The number of nitrogens with zero attached hydrogens (tertiary/aromatic N) is 1. The van der Waals surface area contributed by atoms with E-state index >= 15 is 0 Å². The van der Waals surface area contributed by atoms with Gasteiger partial charge in [0.15, 0.2) is 11.5 Å². The molecule has 1 amide bonds. The molecule has 23 heavy (non-hydrogen) atoms. The van der Waals surface area contributed by atoms with Crippen LogP contribution in [0.4, 0.5) is 0 Å². The van der Waals surface area contributed by atoms with Crippen LogP contribution in [-0.4, -0.2) is 30.1 Å². The Kier molecular flexibility index (Phi) is 3.83. The number of pyridine rings is 1. The number of carbonyl (C=O) groups excluding carboxylic acids is 1. The molecule has 0 radical (unpaired) electrons. The van der Waals surface area contributed by atoms with Crippen molar-refractivity contribution in [3.8, 4) is 11.5 Å². The van der Waals surface area contributed by atoms with Gasteiger partial charge in [0.1, 0.15) is 18.2 Å². The minimum atomic E-state index is -0.0550. The summed E-state index contributed by atoms with van der Waals surface area (Å²) in [4.78, 5) is 17.7. The van der Waals surface area contributed by atoms with Crippen LogP contribution >= 0.6 is 11.8 Å². The molecule has 2 aliphatic rings. The highest BCUT2D eigenvalue weighted by molar-refractivity contribution is 7.99. The highest BCUT2D eigenvalue weighted by Gasteiger charge is 2.25. The second kappa shape index (κ2) is 6.12. The van der Waals surface area contributed by atoms with E-state index in [1.807, 2.05) is 24.3 Å². The molecule has 6 heteroatoms. The minimum Gasteiger partial charge on any atom is -0.486 e. The number of hydrogen-bond acceptors (Lipinski definition) is 5. The van der Waals surface area contributed by atoms with Crippen LogP contribution in [-0.2, 0) is 0 Å². The Morgan fingerprint density at radius 3 is 2.83 bits per heavy atom. The van der Waals surface area contributed by atoms with Gasteiger partial charge in [-0.1, -0.05) is 11.8 Å². The molecule has 1 N–H and O–H groups in total. The first-order valence-corrected chi connectivity index (χ1v) is 8.44. The van der Waals surface area contributed by atoms with Crippen molar-refractivity contribution in [1.29, 1.82) is 0 Å². The predicted molar refractivity (Wildman–Crippen MR) is 86.3 cm³/mol. The average molecular weight is 328 g/mol. The largest absolute Gasteiger partial charge is 0.486 e. The zero-order valence-electron chi connectivity index (χ0n) is 12.5. The van der Waals surface area contributed by atoms with Crippen molar-refractivity contribution in [3.63, 3.8) is 0 Å². The summed E-state index contributed by atoms with van der Waals surface area (Å²) in [5.74, 6) is 1.44. The lowest BCUT2D eigenvalue weighted by Crippen LogP contribution is -2.26. The van der Waals surface area contributed by atoms with Gasteiger partial charge < -0.3 is 14.8 Å². The monoisotopic (exact) mass is 328 g/mol. The summed E-state index contributed by atoms with van der Waals surface area (Å²) in [7, 11) is 0. The Balaban J connectivity index is 1.57. The van der Waals surface area contributed by atoms with E-state index in [0.29, 0.717) is 29.8 Å². The van der Waals surface area contributed by atoms with Gasteiger partial charge in [0, 0.05) is 17.1 Å². The van der Waals surface area contributed by atoms with Gasteiger partial charge >= 0.3 is 0 Å². The standard InChI is InChI=1S/C17H16N2O3S/c20-16(19-11-3-4-11)13-2-1-7-18-17(13)23-12-5-6-14-15(10-12)22-9-8-21-14/h1-2,5-7,10-11H,3-4,8-9H2,(H,19,20). The Morgan fingerprint density at radius 1 is 1.17 bits per heavy atom. The highest BCUT2D eigenvalue weighted by Crippen LogP contribution is 2.37. The first kappa shape index (κ1) is 14.4. The van der Waals surface area contributed by atoms with Crippen molar-refractivity contribution >= 4 is 17.7 Å². The third kappa shape index (κ3) is 3.27. The zero-order chi connectivity index (χ0) is 15.6. The summed E-state index contributed by atoms with van der Waals surface area (Å²) >= 11 is 1.46. The molecule has 1 aliphatic heterocycles. The van der Waals surface area contributed by atoms with Crippen LogP contribution in [0.5, 0.6) is 11.5 Å². The van der Waals surface area contributed by atoms with Crippen molar-refractivity contribution in [1.82, 2.24) is 10.3 Å². The second-order valence-corrected chi connectivity index (χ2v) is 6.57. The SMILES string of the molecule is O=C(NC1CC1)c1cccnc1Sc1ccc2c(c1)OCCO2. The summed E-state index contributed by atoms with van der Waals surface area (Å²) < 4.78 is 11.1. The second-order valence-electron chi connectivity index (χ2n) is 5.51. The van der Waals surface area contributed by atoms with Crippen molar-refractivity contribution in [2.45, 2.75) is 28.8 Å². The van der Waals surface area contributed by atoms with Crippen LogP contribution in [0, 0.1) is 0 Å². The van der Waals surface area contributed by atoms with Crippen molar-refractivity contribution < 1.29 is 14.3 Å². The molecule has 2 aromatic rings. The summed E-state index contributed by atoms with van der Waals surface area (Å²) in [5.41, 5.74) is 0.610. The minimum absolute atomic E-state index is 0.0550. The van der Waals surface area contributed by atoms with Crippen LogP contribution in [0.15, 0.2) is 46.5 Å². The normalized spacial score (nSPS) is 16.0. The van der Waals surface area contributed by atoms with Gasteiger partial charge in [0.25, 0.3) is 5.91 Å². The van der Waals surface area contributed by atoms with E-state index in [9.17, 15) is 4.79 Å². The molecule has 0 atom stereocenters. The van der Waals surface area contributed by atoms with Gasteiger partial charge in [0.2, 0.25) is 0 Å². The number of fused-ring (bicyclic) bond motifs is 1. The molecule has 1 aromatic carbocycles. The third-order valence-corrected chi connectivity index (χ3v) is 4.66. The molecule has 5 nitrogen and oxygen atoms in total. The molecule has 1 fully saturated rings. The molecule has 1 aromatic heterocycles. The molecular weight excluding hydrogens is 312 g/mol. The Labute approximate surface area is 138 Å². The highest BCUT2D eigenvalue weighted by atomic mass is 32.2. The lowest BCUT2D eigenvalue weighted by Gasteiger charge is -2.18. The third-order valence-electron chi connectivity index (χ3n) is 3.66. The van der Waals surface area contributed by atoms with Crippen molar-refractivity contribution in [2.75, 3.05) is 13.2 Å². The van der Waals surface area contributed by atoms with E-state index in [2.05, 4.69) is 10.3 Å². The fourth-order valence-corrected chi connectivity index (χ4v) is 3.24. The molecule has 0 unspecified atom stereocenters. The number of aromatic nitrogens is 1. The molecule has 2 heterocycles. The Bertz CT molecular complexity index is 746. The maximum atomic E-state index is 12.3. The van der Waals surface area contributed by atoms with Gasteiger partial charge in [0.05, 0.1) is 5.56 Å². The summed E-state index contributed by atoms with van der Waals surface area (Å²) in [5, 5.41) is 3.71. The van der Waals surface area contributed by atoms with Crippen molar-refractivity contribution in [2.24, 2.45) is 0 Å². The average Bonchev–Trinajstić information content (AvgIpc) is 3.39. The van der Waals surface area contributed by atoms with Crippen LogP contribution < -0.4 is 14.8 Å². The van der Waals surface area contributed by atoms with E-state index in [1.54, 1.807) is 12.3 Å². The van der Waals surface area contributed by atoms with Gasteiger partial charge in [-0.3, -0.25) is 4.79 Å². The van der Waals surface area contributed by atoms with Gasteiger partial charge in [-0.15, -0.1) is 0 Å². The number of ether oxygens (including phenoxy) is 2. The fraction of sp³-hybridized carbons (Fsp3) is 0.294. The topological polar surface area (TPSA) is 60.5 Å². The smallest absolute Gasteiger partial charge is 0.254 e. The molecule has 0 saturated heterocycles. The molecule has 118 valence electrons. The zero-order valence-corrected chi connectivity index (χ0v) is 13.3. The van der Waals surface area contributed by atoms with E-state index in [1.165, 1.54) is 11.8 Å². The molecule has 1 saturated carbocycles. The van der Waals surface area contributed by atoms with Crippen LogP contribution in [0.25, 0.3) is 0 Å². The Morgan fingerprint density at radius 2 is 2.00 bits per heavy atom. The summed E-state index contributed by atoms with van der Waals surface area (Å²) in [6.07, 6.45) is 3.83. The number of hydrogen-bond donors (Lipinski definition) is 1. The predicted octanol–water partition coefficient (Wildman–Crippen LogP) is 2.90. The number of carbonyl (C=O) groups is 1. The molecule has 4 rings (SSSR count). The summed E-state index contributed by atoms with van der Waals surface area (Å²) in [6, 6.07) is 9.70. The van der Waals surface area contributed by atoms with E-state index in [4.69, 9.17) is 9.47 Å². The molecule has 1 aliphatic carbocycles. The van der Waals surface area contributed by atoms with Crippen LogP contribution in [0.2, 0.25) is 0 Å². The maximum absolute atomic E-state index is 12.3. The molecule has 0 spiro atoms. The lowest BCUT2D eigenvalue weighted by molar-refractivity contribution is 0.0947. The number of benzene rings is 1. The van der Waals surface area contributed by atoms with Crippen LogP contribution in [0.3, 0.4) is 0 Å². The number of amides is 1. The Hall–Kier alpha value is -2.21. The lowest BCUT2D eigenvalue weighted by atomic mass is 10.2. The first-order chi connectivity index (χ1) is 11.3. The quantitative estimate of drug-likeness (QED) is 0.935. The summed E-state index contributed by atoms with van der Waals surface area (Å²) in [6.45, 7) is 1.13. The van der Waals surface area contributed by atoms with E-state index < -0.39 is 0 Å². The van der Waals surface area contributed by atoms with E-state index in [-0.39, 0.29) is 5.91 Å². The van der Waals surface area contributed by atoms with Crippen LogP contribution in [0.1, 0.15) is 23.2 Å². The molecule has 0 bridgehead atoms.